The summed E-state index contributed by atoms with van der Waals surface area (Å²) in [5.41, 5.74) is 4.00. The molecule has 0 spiro atoms. The third-order valence-electron chi connectivity index (χ3n) is 5.48. The van der Waals surface area contributed by atoms with Gasteiger partial charge in [0.05, 0.1) is 25.3 Å². The van der Waals surface area contributed by atoms with Gasteiger partial charge < -0.3 is 24.2 Å². The molecule has 4 rings (SSSR count). The molecule has 1 aromatic heterocycles. The van der Waals surface area contributed by atoms with Crippen LogP contribution in [0.5, 0.6) is 11.5 Å². The summed E-state index contributed by atoms with van der Waals surface area (Å²) in [7, 11) is 3.27. The van der Waals surface area contributed by atoms with Crippen LogP contribution < -0.4 is 14.4 Å². The van der Waals surface area contributed by atoms with Crippen molar-refractivity contribution in [3.05, 3.63) is 53.3 Å². The van der Waals surface area contributed by atoms with Gasteiger partial charge in [0.15, 0.2) is 0 Å². The molecule has 0 saturated carbocycles. The molecule has 158 valence electrons. The van der Waals surface area contributed by atoms with E-state index >= 15 is 0 Å². The predicted octanol–water partition coefficient (Wildman–Crippen LogP) is 3.28. The van der Waals surface area contributed by atoms with E-state index in [1.807, 2.05) is 24.3 Å². The van der Waals surface area contributed by atoms with Crippen molar-refractivity contribution in [3.63, 3.8) is 0 Å². The van der Waals surface area contributed by atoms with Gasteiger partial charge in [0.1, 0.15) is 30.3 Å². The molecule has 0 bridgehead atoms. The minimum absolute atomic E-state index is 0.539. The van der Waals surface area contributed by atoms with E-state index in [2.05, 4.69) is 20.9 Å². The van der Waals surface area contributed by atoms with E-state index in [9.17, 15) is 5.11 Å². The number of anilines is 1. The summed E-state index contributed by atoms with van der Waals surface area (Å²) < 4.78 is 16.4. The molecular weight excluding hydrogens is 382 g/mol. The topological polar surface area (TPSA) is 76.9 Å². The lowest BCUT2D eigenvalue weighted by molar-refractivity contribution is 0.145. The summed E-state index contributed by atoms with van der Waals surface area (Å²) in [6.07, 6.45) is 1.80. The monoisotopic (exact) mass is 409 g/mol. The molecule has 30 heavy (non-hydrogen) atoms. The number of rotatable bonds is 7. The Bertz CT molecular complexity index is 1040. The van der Waals surface area contributed by atoms with Crippen LogP contribution in [0.25, 0.3) is 10.9 Å². The molecular formula is C23H27N3O4. The third-order valence-corrected chi connectivity index (χ3v) is 5.48. The van der Waals surface area contributed by atoms with Crippen LogP contribution in [0, 0.1) is 0 Å². The normalized spacial score (nSPS) is 14.5. The minimum atomic E-state index is -0.647. The Morgan fingerprint density at radius 2 is 2.00 bits per heavy atom. The summed E-state index contributed by atoms with van der Waals surface area (Å²) >= 11 is 0. The van der Waals surface area contributed by atoms with Gasteiger partial charge in [-0.25, -0.2) is 9.97 Å². The van der Waals surface area contributed by atoms with Crippen LogP contribution in [0.4, 0.5) is 5.82 Å². The first-order valence-electron chi connectivity index (χ1n) is 10.1. The molecule has 3 aromatic rings. The maximum atomic E-state index is 10.2. The van der Waals surface area contributed by atoms with Gasteiger partial charge in [-0.1, -0.05) is 12.1 Å². The first-order valence-corrected chi connectivity index (χ1v) is 10.1. The first kappa shape index (κ1) is 20.4. The smallest absolute Gasteiger partial charge is 0.140 e. The third kappa shape index (κ3) is 3.91. The van der Waals surface area contributed by atoms with Gasteiger partial charge in [-0.15, -0.1) is 0 Å². The number of hydrogen-bond donors (Lipinski definition) is 1. The molecule has 1 aliphatic rings. The highest BCUT2D eigenvalue weighted by Gasteiger charge is 2.23. The van der Waals surface area contributed by atoms with E-state index in [0.717, 1.165) is 47.5 Å². The Labute approximate surface area is 176 Å². The average Bonchev–Trinajstić information content (AvgIpc) is 2.77. The molecule has 2 aromatic carbocycles. The number of benzene rings is 2. The standard InChI is InChI=1S/C23H27N3O4/c1-15(27)18-11-19-20(12-22(18)29-3)24-14-25-23(19)26-8-7-17-16(13-26)5-4-6-21(17)30-10-9-28-2/h4-6,11-12,14-15,27H,7-10,13H2,1-3H3. The second kappa shape index (κ2) is 8.85. The lowest BCUT2D eigenvalue weighted by Crippen LogP contribution is -2.31. The van der Waals surface area contributed by atoms with E-state index in [4.69, 9.17) is 14.2 Å². The number of hydrogen-bond acceptors (Lipinski definition) is 7. The molecule has 2 heterocycles. The maximum absolute atomic E-state index is 10.2. The Morgan fingerprint density at radius 1 is 1.13 bits per heavy atom. The van der Waals surface area contributed by atoms with Gasteiger partial charge in [-0.2, -0.15) is 0 Å². The van der Waals surface area contributed by atoms with E-state index < -0.39 is 6.10 Å². The second-order valence-electron chi connectivity index (χ2n) is 7.39. The molecule has 1 N–H and O–H groups in total. The van der Waals surface area contributed by atoms with E-state index in [0.29, 0.717) is 19.0 Å². The zero-order chi connectivity index (χ0) is 21.1. The molecule has 0 radical (unpaired) electrons. The minimum Gasteiger partial charge on any atom is -0.496 e. The summed E-state index contributed by atoms with van der Waals surface area (Å²) in [5, 5.41) is 11.1. The Hall–Kier alpha value is -2.90. The SMILES string of the molecule is COCCOc1cccc2c1CCN(c1ncnc3cc(OC)c(C(C)O)cc13)C2. The van der Waals surface area contributed by atoms with Crippen LogP contribution in [0.15, 0.2) is 36.7 Å². The molecule has 1 atom stereocenters. The van der Waals surface area contributed by atoms with Gasteiger partial charge in [0.25, 0.3) is 0 Å². The summed E-state index contributed by atoms with van der Waals surface area (Å²) in [6.45, 7) is 4.39. The second-order valence-corrected chi connectivity index (χ2v) is 7.39. The first-order chi connectivity index (χ1) is 14.6. The van der Waals surface area contributed by atoms with E-state index in [-0.39, 0.29) is 0 Å². The molecule has 0 aliphatic carbocycles. The Kier molecular flexibility index (Phi) is 6.01. The van der Waals surface area contributed by atoms with Crippen LogP contribution in [-0.2, 0) is 17.7 Å². The highest BCUT2D eigenvalue weighted by Crippen LogP contribution is 2.36. The number of aliphatic hydroxyl groups excluding tert-OH is 1. The molecule has 0 saturated heterocycles. The van der Waals surface area contributed by atoms with Crippen LogP contribution in [0.2, 0.25) is 0 Å². The van der Waals surface area contributed by atoms with Crippen LogP contribution >= 0.6 is 0 Å². The quantitative estimate of drug-likeness (QED) is 0.600. The molecule has 0 amide bonds. The summed E-state index contributed by atoms with van der Waals surface area (Å²) in [6, 6.07) is 9.98. The fourth-order valence-electron chi connectivity index (χ4n) is 3.97. The van der Waals surface area contributed by atoms with Gasteiger partial charge in [-0.05, 0) is 31.0 Å². The van der Waals surface area contributed by atoms with E-state index in [1.165, 1.54) is 11.1 Å². The fourth-order valence-corrected chi connectivity index (χ4v) is 3.97. The number of fused-ring (bicyclic) bond motifs is 2. The van der Waals surface area contributed by atoms with Gasteiger partial charge in [-0.3, -0.25) is 0 Å². The zero-order valence-electron chi connectivity index (χ0n) is 17.6. The van der Waals surface area contributed by atoms with Crippen molar-refractivity contribution in [1.29, 1.82) is 0 Å². The summed E-state index contributed by atoms with van der Waals surface area (Å²) in [4.78, 5) is 11.3. The number of nitrogens with zero attached hydrogens (tertiary/aromatic N) is 3. The van der Waals surface area contributed by atoms with E-state index in [1.54, 1.807) is 27.5 Å². The number of methoxy groups -OCH3 is 2. The van der Waals surface area contributed by atoms with Gasteiger partial charge in [0.2, 0.25) is 0 Å². The zero-order valence-corrected chi connectivity index (χ0v) is 17.6. The lowest BCUT2D eigenvalue weighted by Gasteiger charge is -2.31. The van der Waals surface area contributed by atoms with Crippen LogP contribution in [0.1, 0.15) is 29.7 Å². The Morgan fingerprint density at radius 3 is 2.77 bits per heavy atom. The van der Waals surface area contributed by atoms with Gasteiger partial charge in [0, 0.05) is 42.8 Å². The van der Waals surface area contributed by atoms with Gasteiger partial charge >= 0.3 is 0 Å². The number of ether oxygens (including phenoxy) is 3. The van der Waals surface area contributed by atoms with Crippen molar-refractivity contribution in [3.8, 4) is 11.5 Å². The average molecular weight is 409 g/mol. The van der Waals surface area contributed by atoms with Crippen molar-refractivity contribution >= 4 is 16.7 Å². The highest BCUT2D eigenvalue weighted by molar-refractivity contribution is 5.91. The van der Waals surface area contributed by atoms with Crippen molar-refractivity contribution in [2.24, 2.45) is 0 Å². The number of aliphatic hydroxyl groups is 1. The van der Waals surface area contributed by atoms with Crippen molar-refractivity contribution in [2.45, 2.75) is 26.0 Å². The molecule has 7 nitrogen and oxygen atoms in total. The van der Waals surface area contributed by atoms with Crippen LogP contribution in [-0.4, -0.2) is 49.1 Å². The van der Waals surface area contributed by atoms with Crippen molar-refractivity contribution < 1.29 is 19.3 Å². The predicted molar refractivity (Wildman–Crippen MR) is 115 cm³/mol. The van der Waals surface area contributed by atoms with Crippen molar-refractivity contribution in [2.75, 3.05) is 38.9 Å². The summed E-state index contributed by atoms with van der Waals surface area (Å²) in [5.74, 6) is 2.42. The Balaban J connectivity index is 1.68. The van der Waals surface area contributed by atoms with Crippen LogP contribution in [0.3, 0.4) is 0 Å². The molecule has 1 unspecified atom stereocenters. The molecule has 0 fully saturated rings. The maximum Gasteiger partial charge on any atom is 0.140 e. The lowest BCUT2D eigenvalue weighted by atomic mass is 9.98. The molecule has 1 aliphatic heterocycles. The largest absolute Gasteiger partial charge is 0.496 e. The molecule has 7 heteroatoms. The van der Waals surface area contributed by atoms with Crippen molar-refractivity contribution in [1.82, 2.24) is 9.97 Å². The number of aromatic nitrogens is 2. The highest BCUT2D eigenvalue weighted by atomic mass is 16.5. The fraction of sp³-hybridized carbons (Fsp3) is 0.391.